The molecular weight excluding hydrogens is 368 g/mol. The number of nitrogens with zero attached hydrogens (tertiary/aromatic N) is 1. The van der Waals surface area contributed by atoms with E-state index >= 15 is 0 Å². The Morgan fingerprint density at radius 1 is 1.27 bits per heavy atom. The van der Waals surface area contributed by atoms with Crippen LogP contribution in [0.4, 0.5) is 5.69 Å². The number of nitrogens with one attached hydrogen (secondary N) is 1. The molecule has 2 aliphatic carbocycles. The fourth-order valence-corrected chi connectivity index (χ4v) is 6.30. The van der Waals surface area contributed by atoms with Gasteiger partial charge in [-0.15, -0.1) is 11.3 Å². The molecule has 1 saturated carbocycles. The summed E-state index contributed by atoms with van der Waals surface area (Å²) < 4.78 is 2.04. The van der Waals surface area contributed by atoms with Crippen LogP contribution in [-0.2, 0) is 9.59 Å². The molecule has 0 unspecified atom stereocenters. The van der Waals surface area contributed by atoms with Gasteiger partial charge >= 0.3 is 5.97 Å². The number of allylic oxidation sites excluding steroid dienone is 2. The molecule has 4 rings (SSSR count). The summed E-state index contributed by atoms with van der Waals surface area (Å²) in [5.74, 6) is -2.18. The number of carbonyl (C=O) groups is 2. The minimum atomic E-state index is -0.879. The zero-order valence-electron chi connectivity index (χ0n) is 14.5. The first-order valence-corrected chi connectivity index (χ1v) is 10.4. The third-order valence-electron chi connectivity index (χ3n) is 5.02. The van der Waals surface area contributed by atoms with Gasteiger partial charge in [0.05, 0.1) is 22.1 Å². The largest absolute Gasteiger partial charge is 0.481 e. The number of hydrogen-bond acceptors (Lipinski definition) is 5. The fourth-order valence-electron chi connectivity index (χ4n) is 3.98. The number of aliphatic carboxylic acids is 1. The van der Waals surface area contributed by atoms with Crippen LogP contribution in [0.1, 0.15) is 20.3 Å². The molecule has 0 aliphatic heterocycles. The summed E-state index contributed by atoms with van der Waals surface area (Å²) in [6.07, 6.45) is 4.71. The topological polar surface area (TPSA) is 79.3 Å². The van der Waals surface area contributed by atoms with Crippen LogP contribution < -0.4 is 5.32 Å². The van der Waals surface area contributed by atoms with Gasteiger partial charge in [-0.25, -0.2) is 4.98 Å². The van der Waals surface area contributed by atoms with E-state index in [0.717, 1.165) is 21.0 Å². The summed E-state index contributed by atoms with van der Waals surface area (Å²) in [7, 11) is 0. The van der Waals surface area contributed by atoms with Gasteiger partial charge in [-0.2, -0.15) is 0 Å². The highest BCUT2D eigenvalue weighted by molar-refractivity contribution is 8.01. The second-order valence-electron chi connectivity index (χ2n) is 7.16. The van der Waals surface area contributed by atoms with E-state index in [2.05, 4.69) is 24.1 Å². The van der Waals surface area contributed by atoms with Crippen molar-refractivity contribution in [3.63, 3.8) is 0 Å². The predicted octanol–water partition coefficient (Wildman–Crippen LogP) is 4.26. The Hall–Kier alpha value is -1.86. The van der Waals surface area contributed by atoms with Crippen LogP contribution in [0.15, 0.2) is 34.7 Å². The lowest BCUT2D eigenvalue weighted by Gasteiger charge is -2.23. The van der Waals surface area contributed by atoms with Crippen LogP contribution in [0.2, 0.25) is 0 Å². The molecule has 2 bridgehead atoms. The lowest BCUT2D eigenvalue weighted by Crippen LogP contribution is -2.36. The van der Waals surface area contributed by atoms with Crippen molar-refractivity contribution in [3.05, 3.63) is 30.4 Å². The number of carboxylic acids is 1. The maximum Gasteiger partial charge on any atom is 0.307 e. The summed E-state index contributed by atoms with van der Waals surface area (Å²) in [6.45, 7) is 4.26. The molecule has 0 spiro atoms. The smallest absolute Gasteiger partial charge is 0.307 e. The molecule has 1 heterocycles. The Morgan fingerprint density at radius 3 is 2.69 bits per heavy atom. The molecule has 2 N–H and O–H groups in total. The van der Waals surface area contributed by atoms with Gasteiger partial charge in [0.25, 0.3) is 0 Å². The number of thioether (sulfide) groups is 1. The molecule has 1 amide bonds. The van der Waals surface area contributed by atoms with Gasteiger partial charge in [-0.1, -0.05) is 37.8 Å². The minimum Gasteiger partial charge on any atom is -0.481 e. The number of aromatic nitrogens is 1. The first-order chi connectivity index (χ1) is 12.4. The normalized spacial score (nSPS) is 26.7. The van der Waals surface area contributed by atoms with E-state index < -0.39 is 17.8 Å². The summed E-state index contributed by atoms with van der Waals surface area (Å²) in [5, 5.41) is 12.9. The highest BCUT2D eigenvalue weighted by Crippen LogP contribution is 2.48. The maximum absolute atomic E-state index is 12.8. The van der Waals surface area contributed by atoms with Crippen molar-refractivity contribution >= 4 is 50.9 Å². The average molecular weight is 389 g/mol. The lowest BCUT2D eigenvalue weighted by molar-refractivity contribution is -0.146. The SMILES string of the molecule is CC(C)Sc1nc2ccc(NC(=O)[C@@H]3[C@H](C(=O)O)[C@H]4C=C[C@H]3C4)cc2s1. The third kappa shape index (κ3) is 3.14. The van der Waals surface area contributed by atoms with E-state index in [1.165, 1.54) is 0 Å². The van der Waals surface area contributed by atoms with Gasteiger partial charge in [0.15, 0.2) is 4.34 Å². The minimum absolute atomic E-state index is 0.0205. The Morgan fingerprint density at radius 2 is 2.00 bits per heavy atom. The number of amides is 1. The molecule has 1 fully saturated rings. The van der Waals surface area contributed by atoms with E-state index in [4.69, 9.17) is 0 Å². The van der Waals surface area contributed by atoms with Crippen LogP contribution in [0, 0.1) is 23.7 Å². The van der Waals surface area contributed by atoms with Crippen molar-refractivity contribution in [1.82, 2.24) is 4.98 Å². The predicted molar refractivity (Wildman–Crippen MR) is 105 cm³/mol. The fraction of sp³-hybridized carbons (Fsp3) is 0.421. The Bertz CT molecular complexity index is 905. The number of benzene rings is 1. The number of thiazole rings is 1. The summed E-state index contributed by atoms with van der Waals surface area (Å²) in [5.41, 5.74) is 1.62. The van der Waals surface area contributed by atoms with Crippen LogP contribution in [-0.4, -0.2) is 27.2 Å². The number of rotatable bonds is 5. The summed E-state index contributed by atoms with van der Waals surface area (Å²) in [6, 6.07) is 5.66. The van der Waals surface area contributed by atoms with Crippen molar-refractivity contribution in [2.24, 2.45) is 23.7 Å². The Labute approximate surface area is 159 Å². The molecular formula is C19H20N2O3S2. The second-order valence-corrected chi connectivity index (χ2v) is 10.0. The van der Waals surface area contributed by atoms with Crippen LogP contribution in [0.3, 0.4) is 0 Å². The number of carbonyl (C=O) groups excluding carboxylic acids is 1. The number of anilines is 1. The van der Waals surface area contributed by atoms with Gasteiger partial charge in [-0.05, 0) is 36.5 Å². The van der Waals surface area contributed by atoms with Crippen LogP contribution in [0.25, 0.3) is 10.2 Å². The maximum atomic E-state index is 12.8. The lowest BCUT2D eigenvalue weighted by atomic mass is 9.82. The zero-order valence-corrected chi connectivity index (χ0v) is 16.1. The van der Waals surface area contributed by atoms with Gasteiger partial charge < -0.3 is 10.4 Å². The van der Waals surface area contributed by atoms with E-state index in [-0.39, 0.29) is 17.7 Å². The van der Waals surface area contributed by atoms with Crippen molar-refractivity contribution in [2.75, 3.05) is 5.32 Å². The zero-order chi connectivity index (χ0) is 18.4. The number of carboxylic acid groups (broad SMARTS) is 1. The van der Waals surface area contributed by atoms with E-state index in [1.54, 1.807) is 23.1 Å². The monoisotopic (exact) mass is 388 g/mol. The first-order valence-electron chi connectivity index (χ1n) is 8.71. The van der Waals surface area contributed by atoms with E-state index in [1.807, 2.05) is 30.4 Å². The van der Waals surface area contributed by atoms with E-state index in [9.17, 15) is 14.7 Å². The summed E-state index contributed by atoms with van der Waals surface area (Å²) >= 11 is 3.34. The molecule has 0 radical (unpaired) electrons. The Balaban J connectivity index is 1.54. The highest BCUT2D eigenvalue weighted by atomic mass is 32.2. The van der Waals surface area contributed by atoms with Crippen molar-refractivity contribution < 1.29 is 14.7 Å². The van der Waals surface area contributed by atoms with Gasteiger partial charge in [0.2, 0.25) is 5.91 Å². The third-order valence-corrected chi connectivity index (χ3v) is 7.14. The van der Waals surface area contributed by atoms with Crippen molar-refractivity contribution in [3.8, 4) is 0 Å². The second kappa shape index (κ2) is 6.70. The van der Waals surface area contributed by atoms with Gasteiger partial charge in [-0.3, -0.25) is 9.59 Å². The van der Waals surface area contributed by atoms with E-state index in [0.29, 0.717) is 10.9 Å². The molecule has 1 aromatic heterocycles. The average Bonchev–Trinajstić information content (AvgIpc) is 3.26. The van der Waals surface area contributed by atoms with Gasteiger partial charge in [0, 0.05) is 10.9 Å². The quantitative estimate of drug-likeness (QED) is 0.591. The molecule has 0 saturated heterocycles. The molecule has 2 aliphatic rings. The molecule has 5 nitrogen and oxygen atoms in total. The molecule has 2 aromatic rings. The van der Waals surface area contributed by atoms with Crippen LogP contribution in [0.5, 0.6) is 0 Å². The molecule has 1 aromatic carbocycles. The van der Waals surface area contributed by atoms with Gasteiger partial charge in [0.1, 0.15) is 0 Å². The number of hydrogen-bond donors (Lipinski definition) is 2. The van der Waals surface area contributed by atoms with Crippen LogP contribution >= 0.6 is 23.1 Å². The highest BCUT2D eigenvalue weighted by Gasteiger charge is 2.51. The number of fused-ring (bicyclic) bond motifs is 3. The van der Waals surface area contributed by atoms with Crippen molar-refractivity contribution in [1.29, 1.82) is 0 Å². The Kier molecular flexibility index (Phi) is 4.52. The molecule has 26 heavy (non-hydrogen) atoms. The summed E-state index contributed by atoms with van der Waals surface area (Å²) in [4.78, 5) is 29.0. The van der Waals surface area contributed by atoms with Crippen molar-refractivity contribution in [2.45, 2.75) is 29.9 Å². The standard InChI is InChI=1S/C19H20N2O3S2/c1-9(2)25-19-21-13-6-5-12(8-14(13)26-19)20-17(22)15-10-3-4-11(7-10)16(15)18(23)24/h3-6,8-11,15-16H,7H2,1-2H3,(H,20,22)(H,23,24)/t10-,11-,15-,16+/m0/s1. The molecule has 7 heteroatoms. The first kappa shape index (κ1) is 17.5. The molecule has 4 atom stereocenters. The molecule has 136 valence electrons.